The van der Waals surface area contributed by atoms with E-state index in [0.29, 0.717) is 0 Å². The fourth-order valence-corrected chi connectivity index (χ4v) is 8.28. The first-order valence-electron chi connectivity index (χ1n) is 18.1. The molecule has 0 spiro atoms. The number of benzene rings is 7. The van der Waals surface area contributed by atoms with Gasteiger partial charge in [0.25, 0.3) is 0 Å². The quantitative estimate of drug-likeness (QED) is 0.181. The number of rotatable bonds is 5. The Morgan fingerprint density at radius 2 is 1.12 bits per heavy atom. The predicted molar refractivity (Wildman–Crippen MR) is 215 cm³/mol. The molecule has 1 heterocycles. The van der Waals surface area contributed by atoms with Crippen LogP contribution in [0.4, 0.5) is 0 Å². The third kappa shape index (κ3) is 5.06. The van der Waals surface area contributed by atoms with Crippen molar-refractivity contribution in [1.29, 1.82) is 0 Å². The minimum absolute atomic E-state index is 0.985. The maximum absolute atomic E-state index is 5.11. The largest absolute Gasteiger partial charge is 0.296 e. The van der Waals surface area contributed by atoms with Crippen molar-refractivity contribution in [1.82, 2.24) is 9.55 Å². The number of hydrogen-bond acceptors (Lipinski definition) is 1. The monoisotopic (exact) mass is 652 g/mol. The first-order chi connectivity index (χ1) is 25.3. The molecule has 51 heavy (non-hydrogen) atoms. The van der Waals surface area contributed by atoms with E-state index in [0.717, 1.165) is 48.5 Å². The number of aromatic nitrogens is 2. The van der Waals surface area contributed by atoms with Crippen LogP contribution in [-0.2, 0) is 6.42 Å². The van der Waals surface area contributed by atoms with Gasteiger partial charge >= 0.3 is 0 Å². The molecule has 0 saturated heterocycles. The summed E-state index contributed by atoms with van der Waals surface area (Å²) in [5, 5.41) is 7.82. The lowest BCUT2D eigenvalue weighted by atomic mass is 9.85. The Kier molecular flexibility index (Phi) is 7.13. The van der Waals surface area contributed by atoms with Gasteiger partial charge in [-0.2, -0.15) is 0 Å². The Morgan fingerprint density at radius 1 is 0.471 bits per heavy atom. The standard InChI is InChI=1S/C49H36N2/c1-3-14-35(15-4-1)47-41-19-9-10-20-42(41)48(39-24-23-33-13-7-8-18-37(33)31-39)43-30-27-38(32-44(43)47)34-25-28-40(29-26-34)51-46-22-12-11-21-45(46)50-49(51)36-16-5-2-6-17-36/h1-8,11,13-21,23-32H,9-10,12,22H2. The van der Waals surface area contributed by atoms with Crippen LogP contribution in [0.1, 0.15) is 30.7 Å². The predicted octanol–water partition coefficient (Wildman–Crippen LogP) is 11.2. The molecule has 0 N–H and O–H groups in total. The average Bonchev–Trinajstić information content (AvgIpc) is 3.60. The van der Waals surface area contributed by atoms with Crippen LogP contribution < -0.4 is 10.4 Å². The lowest BCUT2D eigenvalue weighted by molar-refractivity contribution is 0.878. The molecule has 10 rings (SSSR count). The van der Waals surface area contributed by atoms with E-state index in [1.54, 1.807) is 0 Å². The molecule has 2 aliphatic rings. The lowest BCUT2D eigenvalue weighted by Gasteiger charge is -2.19. The molecule has 2 aliphatic carbocycles. The second-order valence-corrected chi connectivity index (χ2v) is 13.7. The molecule has 242 valence electrons. The highest BCUT2D eigenvalue weighted by Crippen LogP contribution is 2.37. The molecule has 7 aromatic carbocycles. The maximum Gasteiger partial charge on any atom is 0.145 e. The Balaban J connectivity index is 1.17. The van der Waals surface area contributed by atoms with Gasteiger partial charge in [-0.1, -0.05) is 140 Å². The van der Waals surface area contributed by atoms with E-state index in [-0.39, 0.29) is 0 Å². The topological polar surface area (TPSA) is 17.8 Å². The van der Waals surface area contributed by atoms with E-state index in [1.807, 2.05) is 0 Å². The molecule has 0 atom stereocenters. The second kappa shape index (κ2) is 12.3. The summed E-state index contributed by atoms with van der Waals surface area (Å²) in [5.41, 5.74) is 12.2. The SMILES string of the molecule is C1=Cc2nc(-c3ccccc3)n(-c3ccc(-c4ccc5c(-c6ccc7ccccc7c6)c6c(c(-c7ccccc7)c5c4)=CCCC=6)cc3)c2CC1. The molecule has 0 unspecified atom stereocenters. The number of hydrogen-bond donors (Lipinski definition) is 0. The summed E-state index contributed by atoms with van der Waals surface area (Å²) in [7, 11) is 0. The molecule has 0 fully saturated rings. The fraction of sp³-hybridized carbons (Fsp3) is 0.0816. The van der Waals surface area contributed by atoms with Crippen molar-refractivity contribution in [2.24, 2.45) is 0 Å². The van der Waals surface area contributed by atoms with E-state index >= 15 is 0 Å². The van der Waals surface area contributed by atoms with E-state index in [1.165, 1.54) is 71.1 Å². The van der Waals surface area contributed by atoms with Crippen molar-refractivity contribution in [3.8, 4) is 50.5 Å². The molecular weight excluding hydrogens is 617 g/mol. The molecule has 0 aliphatic heterocycles. The molecule has 0 saturated carbocycles. The van der Waals surface area contributed by atoms with Crippen LogP contribution >= 0.6 is 0 Å². The third-order valence-corrected chi connectivity index (χ3v) is 10.7. The van der Waals surface area contributed by atoms with Crippen LogP contribution in [0, 0.1) is 0 Å². The molecule has 0 amide bonds. The van der Waals surface area contributed by atoms with Crippen LogP contribution in [0.3, 0.4) is 0 Å². The van der Waals surface area contributed by atoms with E-state index in [9.17, 15) is 0 Å². The molecule has 0 bridgehead atoms. The molecular formula is C49H36N2. The van der Waals surface area contributed by atoms with E-state index < -0.39 is 0 Å². The van der Waals surface area contributed by atoms with Crippen LogP contribution in [0.15, 0.2) is 152 Å². The summed E-state index contributed by atoms with van der Waals surface area (Å²) in [5.74, 6) is 0.997. The number of nitrogens with zero attached hydrogens (tertiary/aromatic N) is 2. The average molecular weight is 653 g/mol. The Labute approximate surface area is 298 Å². The minimum atomic E-state index is 0.985. The van der Waals surface area contributed by atoms with Gasteiger partial charge in [0.2, 0.25) is 0 Å². The summed E-state index contributed by atoms with van der Waals surface area (Å²) in [6.45, 7) is 0. The summed E-state index contributed by atoms with van der Waals surface area (Å²) in [6.07, 6.45) is 13.5. The zero-order chi connectivity index (χ0) is 33.7. The number of imidazole rings is 1. The van der Waals surface area contributed by atoms with Crippen LogP contribution in [0.5, 0.6) is 0 Å². The molecule has 2 heteroatoms. The second-order valence-electron chi connectivity index (χ2n) is 13.7. The van der Waals surface area contributed by atoms with Gasteiger partial charge in [-0.25, -0.2) is 4.98 Å². The summed E-state index contributed by atoms with van der Waals surface area (Å²) >= 11 is 0. The van der Waals surface area contributed by atoms with Gasteiger partial charge in [0, 0.05) is 11.3 Å². The summed E-state index contributed by atoms with van der Waals surface area (Å²) in [4.78, 5) is 5.11. The number of allylic oxidation sites excluding steroid dienone is 1. The lowest BCUT2D eigenvalue weighted by Crippen LogP contribution is -2.31. The maximum atomic E-state index is 5.11. The van der Waals surface area contributed by atoms with E-state index in [2.05, 4.69) is 174 Å². The van der Waals surface area contributed by atoms with Gasteiger partial charge in [0.05, 0.1) is 11.4 Å². The van der Waals surface area contributed by atoms with Gasteiger partial charge in [0.1, 0.15) is 5.82 Å². The van der Waals surface area contributed by atoms with Gasteiger partial charge in [-0.05, 0) is 121 Å². The van der Waals surface area contributed by atoms with Crippen molar-refractivity contribution >= 4 is 39.8 Å². The van der Waals surface area contributed by atoms with Gasteiger partial charge in [-0.15, -0.1) is 0 Å². The van der Waals surface area contributed by atoms with Crippen molar-refractivity contribution < 1.29 is 0 Å². The van der Waals surface area contributed by atoms with Crippen molar-refractivity contribution in [2.75, 3.05) is 0 Å². The normalized spacial score (nSPS) is 13.4. The van der Waals surface area contributed by atoms with Crippen LogP contribution in [0.25, 0.3) is 90.2 Å². The highest BCUT2D eigenvalue weighted by Gasteiger charge is 2.21. The zero-order valence-electron chi connectivity index (χ0n) is 28.4. The highest BCUT2D eigenvalue weighted by molar-refractivity contribution is 6.08. The van der Waals surface area contributed by atoms with Crippen molar-refractivity contribution in [3.63, 3.8) is 0 Å². The molecule has 8 aromatic rings. The van der Waals surface area contributed by atoms with Gasteiger partial charge in [-0.3, -0.25) is 4.57 Å². The summed E-state index contributed by atoms with van der Waals surface area (Å²) < 4.78 is 2.36. The van der Waals surface area contributed by atoms with Gasteiger partial charge in [0.15, 0.2) is 0 Å². The van der Waals surface area contributed by atoms with Crippen LogP contribution in [0.2, 0.25) is 0 Å². The first kappa shape index (κ1) is 29.6. The fourth-order valence-electron chi connectivity index (χ4n) is 8.28. The van der Waals surface area contributed by atoms with Crippen molar-refractivity contribution in [3.05, 3.63) is 173 Å². The Hall–Kier alpha value is -6.25. The minimum Gasteiger partial charge on any atom is -0.296 e. The third-order valence-electron chi connectivity index (χ3n) is 10.7. The van der Waals surface area contributed by atoms with Crippen molar-refractivity contribution in [2.45, 2.75) is 25.7 Å². The number of fused-ring (bicyclic) bond motifs is 4. The molecule has 1 aromatic heterocycles. The summed E-state index contributed by atoms with van der Waals surface area (Å²) in [6, 6.07) is 53.3. The van der Waals surface area contributed by atoms with Crippen LogP contribution in [-0.4, -0.2) is 9.55 Å². The van der Waals surface area contributed by atoms with Gasteiger partial charge < -0.3 is 0 Å². The molecule has 2 nitrogen and oxygen atoms in total. The Morgan fingerprint density at radius 3 is 1.88 bits per heavy atom. The zero-order valence-corrected chi connectivity index (χ0v) is 28.4. The molecule has 0 radical (unpaired) electrons. The Bertz CT molecular complexity index is 2770. The van der Waals surface area contributed by atoms with E-state index in [4.69, 9.17) is 4.98 Å². The highest BCUT2D eigenvalue weighted by atomic mass is 15.1. The first-order valence-corrected chi connectivity index (χ1v) is 18.1. The smallest absolute Gasteiger partial charge is 0.145 e.